The quantitative estimate of drug-likeness (QED) is 0.768. The summed E-state index contributed by atoms with van der Waals surface area (Å²) in [6.45, 7) is 6.38. The molecule has 126 valence electrons. The minimum absolute atomic E-state index is 0.0926. The number of rotatable bonds is 0. The number of carbonyl (C=O) groups excluding carboxylic acids is 1. The predicted octanol–water partition coefficient (Wildman–Crippen LogP) is 2.59. The fraction of sp³-hybridized carbons (Fsp3) is 0.588. The van der Waals surface area contributed by atoms with Gasteiger partial charge in [0.05, 0.1) is 12.6 Å². The molecule has 6 nitrogen and oxygen atoms in total. The van der Waals surface area contributed by atoms with Gasteiger partial charge in [-0.15, -0.1) is 0 Å². The van der Waals surface area contributed by atoms with Crippen LogP contribution in [0.15, 0.2) is 18.2 Å². The number of amides is 1. The summed E-state index contributed by atoms with van der Waals surface area (Å²) in [4.78, 5) is 13.8. The second-order valence-corrected chi connectivity index (χ2v) is 7.38. The van der Waals surface area contributed by atoms with Crippen molar-refractivity contribution < 1.29 is 24.5 Å². The molecule has 0 aliphatic carbocycles. The first-order chi connectivity index (χ1) is 10.7. The van der Waals surface area contributed by atoms with Crippen LogP contribution in [0, 0.1) is 0 Å². The highest BCUT2D eigenvalue weighted by Crippen LogP contribution is 2.44. The number of carbonyl (C=O) groups is 1. The Morgan fingerprint density at radius 1 is 1.43 bits per heavy atom. The van der Waals surface area contributed by atoms with Crippen molar-refractivity contribution in [2.45, 2.75) is 50.9 Å². The fourth-order valence-electron chi connectivity index (χ4n) is 3.20. The lowest BCUT2D eigenvalue weighted by molar-refractivity contribution is -0.0132. The third-order valence-corrected chi connectivity index (χ3v) is 4.22. The third-order valence-electron chi connectivity index (χ3n) is 4.22. The number of nitrogens with zero attached hydrogens (tertiary/aromatic N) is 1. The Hall–Kier alpha value is -1.95. The second kappa shape index (κ2) is 5.30. The predicted molar refractivity (Wildman–Crippen MR) is 83.5 cm³/mol. The normalized spacial score (nSPS) is 26.8. The Bertz CT molecular complexity index is 624. The van der Waals surface area contributed by atoms with Crippen molar-refractivity contribution in [2.24, 2.45) is 0 Å². The Morgan fingerprint density at radius 3 is 2.87 bits per heavy atom. The molecule has 2 atom stereocenters. The van der Waals surface area contributed by atoms with E-state index in [0.29, 0.717) is 37.2 Å². The van der Waals surface area contributed by atoms with E-state index in [1.165, 1.54) is 12.1 Å². The van der Waals surface area contributed by atoms with Crippen molar-refractivity contribution in [3.63, 3.8) is 0 Å². The van der Waals surface area contributed by atoms with E-state index >= 15 is 0 Å². The van der Waals surface area contributed by atoms with E-state index in [4.69, 9.17) is 9.47 Å². The maximum absolute atomic E-state index is 12.2. The van der Waals surface area contributed by atoms with Crippen LogP contribution >= 0.6 is 0 Å². The van der Waals surface area contributed by atoms with Crippen molar-refractivity contribution in [3.8, 4) is 11.5 Å². The average Bonchev–Trinajstić information content (AvgIpc) is 2.79. The van der Waals surface area contributed by atoms with Crippen LogP contribution in [0.25, 0.3) is 0 Å². The third kappa shape index (κ3) is 3.22. The topological polar surface area (TPSA) is 79.2 Å². The molecule has 0 unspecified atom stereocenters. The van der Waals surface area contributed by atoms with E-state index in [1.807, 2.05) is 20.8 Å². The molecule has 0 aromatic heterocycles. The highest BCUT2D eigenvalue weighted by atomic mass is 16.6. The molecule has 1 amide bonds. The zero-order chi connectivity index (χ0) is 16.8. The summed E-state index contributed by atoms with van der Waals surface area (Å²) >= 11 is 0. The molecule has 1 aromatic carbocycles. The van der Waals surface area contributed by atoms with Crippen LogP contribution in [0.3, 0.4) is 0 Å². The maximum Gasteiger partial charge on any atom is 0.410 e. The second-order valence-electron chi connectivity index (χ2n) is 7.38. The van der Waals surface area contributed by atoms with Crippen LogP contribution < -0.4 is 4.74 Å². The van der Waals surface area contributed by atoms with Gasteiger partial charge in [0, 0.05) is 31.0 Å². The van der Waals surface area contributed by atoms with Gasteiger partial charge in [0.1, 0.15) is 22.7 Å². The molecule has 2 aliphatic rings. The number of hydrogen-bond donors (Lipinski definition) is 2. The SMILES string of the molecule is CC(C)(C)OC(=O)N1CC[C@]2(C[C@@H](O)c3ccc(O)cc3O2)C1. The van der Waals surface area contributed by atoms with Gasteiger partial charge in [-0.2, -0.15) is 0 Å². The van der Waals surface area contributed by atoms with Crippen LogP contribution in [0.4, 0.5) is 4.79 Å². The number of fused-ring (bicyclic) bond motifs is 1. The van der Waals surface area contributed by atoms with Crippen LogP contribution in [0.2, 0.25) is 0 Å². The summed E-state index contributed by atoms with van der Waals surface area (Å²) in [5.41, 5.74) is -0.501. The summed E-state index contributed by atoms with van der Waals surface area (Å²) in [5.74, 6) is 0.574. The van der Waals surface area contributed by atoms with Crippen molar-refractivity contribution in [1.82, 2.24) is 4.90 Å². The Morgan fingerprint density at radius 2 is 2.17 bits per heavy atom. The molecule has 1 fully saturated rings. The van der Waals surface area contributed by atoms with E-state index in [9.17, 15) is 15.0 Å². The minimum Gasteiger partial charge on any atom is -0.508 e. The maximum atomic E-state index is 12.2. The average molecular weight is 321 g/mol. The summed E-state index contributed by atoms with van der Waals surface area (Å²) in [7, 11) is 0. The van der Waals surface area contributed by atoms with Crippen molar-refractivity contribution >= 4 is 6.09 Å². The van der Waals surface area contributed by atoms with Gasteiger partial charge in [0.2, 0.25) is 0 Å². The zero-order valence-corrected chi connectivity index (χ0v) is 13.7. The monoisotopic (exact) mass is 321 g/mol. The highest BCUT2D eigenvalue weighted by Gasteiger charge is 2.47. The van der Waals surface area contributed by atoms with E-state index in [-0.39, 0.29) is 11.8 Å². The van der Waals surface area contributed by atoms with Gasteiger partial charge < -0.3 is 24.6 Å². The zero-order valence-electron chi connectivity index (χ0n) is 13.7. The number of aliphatic hydroxyl groups excluding tert-OH is 1. The lowest BCUT2D eigenvalue weighted by Gasteiger charge is -2.38. The molecule has 2 heterocycles. The van der Waals surface area contributed by atoms with Crippen molar-refractivity contribution in [2.75, 3.05) is 13.1 Å². The van der Waals surface area contributed by atoms with E-state index < -0.39 is 17.3 Å². The number of phenolic OH excluding ortho intramolecular Hbond substituents is 1. The van der Waals surface area contributed by atoms with Gasteiger partial charge in [-0.05, 0) is 32.9 Å². The number of aliphatic hydroxyl groups is 1. The van der Waals surface area contributed by atoms with Gasteiger partial charge in [-0.25, -0.2) is 4.79 Å². The van der Waals surface area contributed by atoms with Gasteiger partial charge in [0.15, 0.2) is 0 Å². The number of ether oxygens (including phenoxy) is 2. The smallest absolute Gasteiger partial charge is 0.410 e. The van der Waals surface area contributed by atoms with Crippen LogP contribution in [-0.4, -0.2) is 45.5 Å². The molecule has 0 saturated carbocycles. The molecule has 2 aliphatic heterocycles. The fourth-order valence-corrected chi connectivity index (χ4v) is 3.20. The molecule has 0 radical (unpaired) electrons. The molecule has 1 saturated heterocycles. The number of aromatic hydroxyl groups is 1. The molecule has 1 aromatic rings. The first-order valence-electron chi connectivity index (χ1n) is 7.85. The summed E-state index contributed by atoms with van der Waals surface area (Å²) < 4.78 is 11.5. The number of hydrogen-bond acceptors (Lipinski definition) is 5. The molecule has 2 N–H and O–H groups in total. The standard InChI is InChI=1S/C17H23NO5/c1-16(2,3)23-15(21)18-7-6-17(10-18)9-13(20)12-5-4-11(19)8-14(12)22-17/h4-5,8,13,19-20H,6-7,9-10H2,1-3H3/t13-,17+/m1/s1. The summed E-state index contributed by atoms with van der Waals surface area (Å²) in [6, 6.07) is 4.71. The molecule has 1 spiro atoms. The van der Waals surface area contributed by atoms with Crippen LogP contribution in [-0.2, 0) is 4.74 Å². The first kappa shape index (κ1) is 15.9. The number of likely N-dealkylation sites (tertiary alicyclic amines) is 1. The summed E-state index contributed by atoms with van der Waals surface area (Å²) in [5, 5.41) is 20.0. The van der Waals surface area contributed by atoms with E-state index in [0.717, 1.165) is 0 Å². The molecule has 0 bridgehead atoms. The molecular formula is C17H23NO5. The molecule has 6 heteroatoms. The Labute approximate surface area is 135 Å². The van der Waals surface area contributed by atoms with Gasteiger partial charge in [0.25, 0.3) is 0 Å². The summed E-state index contributed by atoms with van der Waals surface area (Å²) in [6.07, 6.45) is 0.00903. The van der Waals surface area contributed by atoms with Crippen molar-refractivity contribution in [3.05, 3.63) is 23.8 Å². The molecular weight excluding hydrogens is 298 g/mol. The van der Waals surface area contributed by atoms with Gasteiger partial charge >= 0.3 is 6.09 Å². The highest BCUT2D eigenvalue weighted by molar-refractivity contribution is 5.68. The minimum atomic E-state index is -0.669. The Kier molecular flexibility index (Phi) is 3.67. The Balaban J connectivity index is 1.76. The molecule has 23 heavy (non-hydrogen) atoms. The molecule has 3 rings (SSSR count). The lowest BCUT2D eigenvalue weighted by atomic mass is 9.88. The number of benzene rings is 1. The first-order valence-corrected chi connectivity index (χ1v) is 7.85. The van der Waals surface area contributed by atoms with Gasteiger partial charge in [-0.3, -0.25) is 0 Å². The lowest BCUT2D eigenvalue weighted by Crippen LogP contribution is -2.45. The van der Waals surface area contributed by atoms with Crippen LogP contribution in [0.5, 0.6) is 11.5 Å². The van der Waals surface area contributed by atoms with Crippen LogP contribution in [0.1, 0.15) is 45.3 Å². The van der Waals surface area contributed by atoms with E-state index in [1.54, 1.807) is 11.0 Å². The largest absolute Gasteiger partial charge is 0.508 e. The van der Waals surface area contributed by atoms with E-state index in [2.05, 4.69) is 0 Å². The van der Waals surface area contributed by atoms with Gasteiger partial charge in [-0.1, -0.05) is 0 Å². The van der Waals surface area contributed by atoms with Crippen molar-refractivity contribution in [1.29, 1.82) is 0 Å². The number of phenols is 1.